The zero-order valence-corrected chi connectivity index (χ0v) is 16.7. The second-order valence-corrected chi connectivity index (χ2v) is 6.84. The first-order valence-corrected chi connectivity index (χ1v) is 9.73. The molecule has 0 radical (unpaired) electrons. The summed E-state index contributed by atoms with van der Waals surface area (Å²) in [5.41, 5.74) is 0. The first-order valence-electron chi connectivity index (χ1n) is 9.73. The van der Waals surface area contributed by atoms with Crippen molar-refractivity contribution >= 4 is 11.9 Å². The van der Waals surface area contributed by atoms with Gasteiger partial charge in [-0.1, -0.05) is 20.3 Å². The van der Waals surface area contributed by atoms with E-state index in [1.165, 1.54) is 0 Å². The average molecular weight is 424 g/mol. The van der Waals surface area contributed by atoms with E-state index in [0.717, 1.165) is 6.42 Å². The fourth-order valence-corrected chi connectivity index (χ4v) is 2.60. The van der Waals surface area contributed by atoms with Crippen molar-refractivity contribution in [2.75, 3.05) is 13.2 Å². The van der Waals surface area contributed by atoms with E-state index >= 15 is 0 Å². The number of carbonyl (C=O) groups is 2. The van der Waals surface area contributed by atoms with Crippen LogP contribution in [0.1, 0.15) is 46.0 Å². The highest BCUT2D eigenvalue weighted by Crippen LogP contribution is 2.24. The summed E-state index contributed by atoms with van der Waals surface area (Å²) in [5.74, 6) is -0.991. The summed E-state index contributed by atoms with van der Waals surface area (Å²) in [5, 5.41) is 48.0. The Morgan fingerprint density at radius 3 is 2.21 bits per heavy atom. The molecule has 0 unspecified atom stereocenters. The van der Waals surface area contributed by atoms with E-state index in [4.69, 9.17) is 18.9 Å². The third kappa shape index (κ3) is 8.51. The van der Waals surface area contributed by atoms with Gasteiger partial charge in [0, 0.05) is 12.8 Å². The van der Waals surface area contributed by atoms with Gasteiger partial charge >= 0.3 is 11.9 Å². The summed E-state index contributed by atoms with van der Waals surface area (Å²) in [6.07, 6.45) is -9.13. The first kappa shape index (κ1) is 25.7. The zero-order valence-electron chi connectivity index (χ0n) is 16.7. The van der Waals surface area contributed by atoms with Crippen LogP contribution in [0.2, 0.25) is 0 Å². The van der Waals surface area contributed by atoms with Crippen LogP contribution in [0.15, 0.2) is 0 Å². The Hall–Kier alpha value is -1.34. The van der Waals surface area contributed by atoms with Crippen molar-refractivity contribution in [3.05, 3.63) is 0 Å². The van der Waals surface area contributed by atoms with Gasteiger partial charge < -0.3 is 44.5 Å². The number of rotatable bonds is 12. The molecule has 1 heterocycles. The molecule has 0 aromatic heterocycles. The molecule has 1 aliphatic heterocycles. The highest BCUT2D eigenvalue weighted by molar-refractivity contribution is 5.70. The number of aliphatic hydroxyl groups is 5. The maximum Gasteiger partial charge on any atom is 0.306 e. The van der Waals surface area contributed by atoms with Gasteiger partial charge in [-0.3, -0.25) is 9.59 Å². The predicted octanol–water partition coefficient (Wildman–Crippen LogP) is -1.43. The zero-order chi connectivity index (χ0) is 22.0. The average Bonchev–Trinajstić information content (AvgIpc) is 2.67. The number of esters is 2. The maximum atomic E-state index is 11.9. The molecular weight excluding hydrogens is 392 g/mol. The van der Waals surface area contributed by atoms with Gasteiger partial charge in [-0.05, 0) is 12.8 Å². The number of carbonyl (C=O) groups excluding carboxylic acids is 2. The van der Waals surface area contributed by atoms with Crippen LogP contribution in [0.4, 0.5) is 0 Å². The van der Waals surface area contributed by atoms with Crippen LogP contribution in [0.3, 0.4) is 0 Å². The number of hydrogen-bond donors (Lipinski definition) is 5. The SMILES string of the molecule is CCCCC(=O)O[C@H](COC(=O)CCC)CO[C@@H]1O[C@H](C(O)O)[C@H](O)[C@H](O)[C@H]1O. The van der Waals surface area contributed by atoms with Gasteiger partial charge in [-0.25, -0.2) is 0 Å². The van der Waals surface area contributed by atoms with Crippen molar-refractivity contribution in [2.45, 2.75) is 89.1 Å². The molecule has 29 heavy (non-hydrogen) atoms. The Bertz CT molecular complexity index is 498. The molecular formula is C18H32O11. The Labute approximate surface area is 169 Å². The van der Waals surface area contributed by atoms with Gasteiger partial charge in [-0.15, -0.1) is 0 Å². The maximum absolute atomic E-state index is 11.9. The molecule has 1 fully saturated rings. The minimum Gasteiger partial charge on any atom is -0.462 e. The lowest BCUT2D eigenvalue weighted by molar-refractivity contribution is -0.331. The van der Waals surface area contributed by atoms with Crippen LogP contribution in [0, 0.1) is 0 Å². The number of unbranched alkanes of at least 4 members (excludes halogenated alkanes) is 1. The van der Waals surface area contributed by atoms with Gasteiger partial charge in [0.25, 0.3) is 0 Å². The van der Waals surface area contributed by atoms with Crippen LogP contribution in [-0.4, -0.2) is 93.8 Å². The molecule has 1 rings (SSSR count). The second kappa shape index (κ2) is 13.1. The van der Waals surface area contributed by atoms with Crippen molar-refractivity contribution in [1.29, 1.82) is 0 Å². The molecule has 1 saturated heterocycles. The third-order valence-electron chi connectivity index (χ3n) is 4.26. The molecule has 0 aromatic carbocycles. The number of hydrogen-bond acceptors (Lipinski definition) is 11. The molecule has 1 aliphatic rings. The molecule has 11 heteroatoms. The molecule has 5 N–H and O–H groups in total. The summed E-state index contributed by atoms with van der Waals surface area (Å²) in [4.78, 5) is 23.5. The minimum absolute atomic E-state index is 0.169. The standard InChI is InChI=1S/C18H32O11/c1-3-5-7-12(20)28-10(8-26-11(19)6-4-2)9-27-18-15(23)13(21)14(22)16(29-18)17(24)25/h10,13-18,21-25H,3-9H2,1-2H3/t10-,13+,14-,15-,16+,18-/m1/s1. The summed E-state index contributed by atoms with van der Waals surface area (Å²) < 4.78 is 20.7. The molecule has 11 nitrogen and oxygen atoms in total. The van der Waals surface area contributed by atoms with E-state index in [2.05, 4.69) is 0 Å². The Balaban J connectivity index is 2.70. The molecule has 0 aliphatic carbocycles. The van der Waals surface area contributed by atoms with E-state index in [-0.39, 0.29) is 26.1 Å². The number of ether oxygens (including phenoxy) is 4. The minimum atomic E-state index is -2.13. The van der Waals surface area contributed by atoms with Crippen LogP contribution in [-0.2, 0) is 28.5 Å². The molecule has 0 saturated carbocycles. The normalized spacial score (nSPS) is 28.2. The predicted molar refractivity (Wildman–Crippen MR) is 96.1 cm³/mol. The highest BCUT2D eigenvalue weighted by Gasteiger charge is 2.47. The van der Waals surface area contributed by atoms with E-state index in [1.54, 1.807) is 6.92 Å². The number of aliphatic hydroxyl groups excluding tert-OH is 4. The van der Waals surface area contributed by atoms with E-state index < -0.39 is 55.0 Å². The quantitative estimate of drug-likeness (QED) is 0.184. The van der Waals surface area contributed by atoms with Gasteiger partial charge in [0.05, 0.1) is 6.61 Å². The summed E-state index contributed by atoms with van der Waals surface area (Å²) in [6, 6.07) is 0. The Morgan fingerprint density at radius 2 is 1.62 bits per heavy atom. The van der Waals surface area contributed by atoms with Gasteiger partial charge in [-0.2, -0.15) is 0 Å². The monoisotopic (exact) mass is 424 g/mol. The van der Waals surface area contributed by atoms with Crippen molar-refractivity contribution in [3.63, 3.8) is 0 Å². The largest absolute Gasteiger partial charge is 0.462 e. The summed E-state index contributed by atoms with van der Waals surface area (Å²) in [7, 11) is 0. The van der Waals surface area contributed by atoms with Crippen LogP contribution >= 0.6 is 0 Å². The van der Waals surface area contributed by atoms with E-state index in [9.17, 15) is 35.1 Å². The van der Waals surface area contributed by atoms with Crippen molar-refractivity contribution < 1.29 is 54.1 Å². The lowest BCUT2D eigenvalue weighted by Gasteiger charge is -2.41. The van der Waals surface area contributed by atoms with Crippen LogP contribution in [0.25, 0.3) is 0 Å². The molecule has 0 bridgehead atoms. The second-order valence-electron chi connectivity index (χ2n) is 6.84. The lowest BCUT2D eigenvalue weighted by Crippen LogP contribution is -2.61. The van der Waals surface area contributed by atoms with Gasteiger partial charge in [0.15, 0.2) is 18.7 Å². The lowest BCUT2D eigenvalue weighted by atomic mass is 9.98. The van der Waals surface area contributed by atoms with E-state index in [0.29, 0.717) is 12.8 Å². The summed E-state index contributed by atoms with van der Waals surface area (Å²) in [6.45, 7) is 3.07. The smallest absolute Gasteiger partial charge is 0.306 e. The fourth-order valence-electron chi connectivity index (χ4n) is 2.60. The third-order valence-corrected chi connectivity index (χ3v) is 4.26. The molecule has 0 aromatic rings. The van der Waals surface area contributed by atoms with Crippen LogP contribution < -0.4 is 0 Å². The first-order chi connectivity index (χ1) is 13.7. The van der Waals surface area contributed by atoms with Gasteiger partial charge in [0.2, 0.25) is 0 Å². The highest BCUT2D eigenvalue weighted by atomic mass is 16.7. The molecule has 170 valence electrons. The van der Waals surface area contributed by atoms with Crippen LogP contribution in [0.5, 0.6) is 0 Å². The molecule has 6 atom stereocenters. The van der Waals surface area contributed by atoms with Crippen molar-refractivity contribution in [3.8, 4) is 0 Å². The van der Waals surface area contributed by atoms with E-state index in [1.807, 2.05) is 6.92 Å². The van der Waals surface area contributed by atoms with Crippen molar-refractivity contribution in [2.24, 2.45) is 0 Å². The summed E-state index contributed by atoms with van der Waals surface area (Å²) >= 11 is 0. The molecule has 0 amide bonds. The fraction of sp³-hybridized carbons (Fsp3) is 0.889. The van der Waals surface area contributed by atoms with Crippen molar-refractivity contribution in [1.82, 2.24) is 0 Å². The topological polar surface area (TPSA) is 172 Å². The Morgan fingerprint density at radius 1 is 0.931 bits per heavy atom. The Kier molecular flexibility index (Phi) is 11.6. The molecule has 0 spiro atoms. The van der Waals surface area contributed by atoms with Gasteiger partial charge in [0.1, 0.15) is 31.0 Å².